The summed E-state index contributed by atoms with van der Waals surface area (Å²) in [6.45, 7) is 5.56. The van der Waals surface area contributed by atoms with E-state index in [1.165, 1.54) is 0 Å². The number of rotatable bonds is 0. The van der Waals surface area contributed by atoms with Gasteiger partial charge in [-0.3, -0.25) is 0 Å². The highest BCUT2D eigenvalue weighted by atomic mass is 16.3. The standard InChI is InChI=1S/C8H10O/c1-6-4-3-5-7(2)8(6)9/h3-5,8-9H,1H2,2H3/t8-/m0/s1. The Morgan fingerprint density at radius 3 is 2.78 bits per heavy atom. The predicted molar refractivity (Wildman–Crippen MR) is 38.0 cm³/mol. The Morgan fingerprint density at radius 2 is 2.33 bits per heavy atom. The van der Waals surface area contributed by atoms with Gasteiger partial charge in [0.25, 0.3) is 0 Å². The molecule has 1 nitrogen and oxygen atoms in total. The lowest BCUT2D eigenvalue weighted by molar-refractivity contribution is 0.250. The van der Waals surface area contributed by atoms with E-state index >= 15 is 0 Å². The summed E-state index contributed by atoms with van der Waals surface area (Å²) in [5, 5.41) is 9.23. The molecule has 0 aliphatic heterocycles. The fourth-order valence-electron chi connectivity index (χ4n) is 0.798. The summed E-state index contributed by atoms with van der Waals surface area (Å²) < 4.78 is 0. The quantitative estimate of drug-likeness (QED) is 0.515. The van der Waals surface area contributed by atoms with Crippen molar-refractivity contribution in [3.63, 3.8) is 0 Å². The van der Waals surface area contributed by atoms with Gasteiger partial charge in [0.1, 0.15) is 0 Å². The molecular formula is C8H10O. The molecule has 0 radical (unpaired) electrons. The summed E-state index contributed by atoms with van der Waals surface area (Å²) in [7, 11) is 0. The largest absolute Gasteiger partial charge is 0.384 e. The van der Waals surface area contributed by atoms with Crippen LogP contribution in [0.3, 0.4) is 0 Å². The second kappa shape index (κ2) is 2.19. The zero-order chi connectivity index (χ0) is 6.85. The van der Waals surface area contributed by atoms with Crippen molar-refractivity contribution >= 4 is 0 Å². The fourth-order valence-corrected chi connectivity index (χ4v) is 0.798. The molecule has 0 unspecified atom stereocenters. The van der Waals surface area contributed by atoms with Crippen LogP contribution < -0.4 is 0 Å². The van der Waals surface area contributed by atoms with Gasteiger partial charge in [0, 0.05) is 0 Å². The normalized spacial score (nSPS) is 26.2. The fraction of sp³-hybridized carbons (Fsp3) is 0.250. The van der Waals surface area contributed by atoms with Gasteiger partial charge in [-0.2, -0.15) is 0 Å². The second-order valence-corrected chi connectivity index (χ2v) is 2.25. The lowest BCUT2D eigenvalue weighted by Crippen LogP contribution is -2.11. The van der Waals surface area contributed by atoms with E-state index in [9.17, 15) is 5.11 Å². The predicted octanol–water partition coefficient (Wildman–Crippen LogP) is 1.42. The molecule has 48 valence electrons. The third-order valence-electron chi connectivity index (χ3n) is 1.45. The van der Waals surface area contributed by atoms with Crippen molar-refractivity contribution in [3.8, 4) is 0 Å². The molecule has 0 heterocycles. The number of aliphatic hydroxyl groups excluding tert-OH is 1. The van der Waals surface area contributed by atoms with E-state index in [4.69, 9.17) is 0 Å². The van der Waals surface area contributed by atoms with E-state index in [-0.39, 0.29) is 0 Å². The van der Waals surface area contributed by atoms with E-state index in [1.54, 1.807) is 0 Å². The molecule has 0 amide bonds. The summed E-state index contributed by atoms with van der Waals surface area (Å²) in [5.41, 5.74) is 1.73. The van der Waals surface area contributed by atoms with Gasteiger partial charge in [0.05, 0.1) is 6.10 Å². The molecular weight excluding hydrogens is 112 g/mol. The van der Waals surface area contributed by atoms with Crippen molar-refractivity contribution in [2.75, 3.05) is 0 Å². The smallest absolute Gasteiger partial charge is 0.0995 e. The van der Waals surface area contributed by atoms with Crippen molar-refractivity contribution in [2.24, 2.45) is 0 Å². The summed E-state index contributed by atoms with van der Waals surface area (Å²) in [6, 6.07) is 0. The van der Waals surface area contributed by atoms with Crippen LogP contribution in [0.2, 0.25) is 0 Å². The van der Waals surface area contributed by atoms with E-state index in [1.807, 2.05) is 25.2 Å². The SMILES string of the molecule is C=C1C=CC=C(C)[C@H]1O. The number of hydrogen-bond acceptors (Lipinski definition) is 1. The molecule has 0 aromatic rings. The number of allylic oxidation sites excluding steroid dienone is 2. The molecule has 9 heavy (non-hydrogen) atoms. The van der Waals surface area contributed by atoms with Crippen molar-refractivity contribution in [1.29, 1.82) is 0 Å². The van der Waals surface area contributed by atoms with E-state index in [0.717, 1.165) is 11.1 Å². The van der Waals surface area contributed by atoms with Gasteiger partial charge in [-0.05, 0) is 18.1 Å². The topological polar surface area (TPSA) is 20.2 Å². The van der Waals surface area contributed by atoms with Crippen LogP contribution in [-0.4, -0.2) is 11.2 Å². The molecule has 0 aromatic heterocycles. The molecule has 0 saturated heterocycles. The van der Waals surface area contributed by atoms with Crippen LogP contribution in [-0.2, 0) is 0 Å². The summed E-state index contributed by atoms with van der Waals surface area (Å²) in [6.07, 6.45) is 5.15. The van der Waals surface area contributed by atoms with Gasteiger partial charge in [-0.15, -0.1) is 0 Å². The lowest BCUT2D eigenvalue weighted by Gasteiger charge is -2.13. The van der Waals surface area contributed by atoms with Crippen LogP contribution in [0.5, 0.6) is 0 Å². The lowest BCUT2D eigenvalue weighted by atomic mass is 10.00. The van der Waals surface area contributed by atoms with E-state index in [2.05, 4.69) is 6.58 Å². The van der Waals surface area contributed by atoms with Crippen molar-refractivity contribution in [2.45, 2.75) is 13.0 Å². The van der Waals surface area contributed by atoms with Gasteiger partial charge in [-0.1, -0.05) is 24.8 Å². The highest BCUT2D eigenvalue weighted by molar-refractivity contribution is 5.36. The Hall–Kier alpha value is -0.820. The zero-order valence-corrected chi connectivity index (χ0v) is 5.46. The molecule has 0 bridgehead atoms. The summed E-state index contributed by atoms with van der Waals surface area (Å²) in [4.78, 5) is 0. The minimum Gasteiger partial charge on any atom is -0.384 e. The Morgan fingerprint density at radius 1 is 1.67 bits per heavy atom. The monoisotopic (exact) mass is 122 g/mol. The van der Waals surface area contributed by atoms with Crippen molar-refractivity contribution in [3.05, 3.63) is 36.0 Å². The van der Waals surface area contributed by atoms with Crippen LogP contribution in [0.25, 0.3) is 0 Å². The van der Waals surface area contributed by atoms with Crippen LogP contribution in [0.15, 0.2) is 36.0 Å². The van der Waals surface area contributed by atoms with Crippen molar-refractivity contribution < 1.29 is 5.11 Å². The molecule has 1 heteroatoms. The molecule has 1 rings (SSSR count). The molecule has 1 atom stereocenters. The first-order valence-electron chi connectivity index (χ1n) is 2.93. The molecule has 0 spiro atoms. The Labute approximate surface area is 55.0 Å². The average molecular weight is 122 g/mol. The zero-order valence-electron chi connectivity index (χ0n) is 5.46. The molecule has 1 N–H and O–H groups in total. The Bertz CT molecular complexity index is 187. The second-order valence-electron chi connectivity index (χ2n) is 2.25. The minimum atomic E-state index is -0.449. The average Bonchev–Trinajstić information content (AvgIpc) is 1.83. The van der Waals surface area contributed by atoms with Crippen LogP contribution in [0, 0.1) is 0 Å². The maximum absolute atomic E-state index is 9.23. The molecule has 0 saturated carbocycles. The summed E-state index contributed by atoms with van der Waals surface area (Å²) in [5.74, 6) is 0. The van der Waals surface area contributed by atoms with Crippen LogP contribution in [0.1, 0.15) is 6.92 Å². The minimum absolute atomic E-state index is 0.449. The number of aliphatic hydroxyl groups is 1. The Kier molecular flexibility index (Phi) is 1.54. The van der Waals surface area contributed by atoms with Crippen LogP contribution in [0.4, 0.5) is 0 Å². The maximum atomic E-state index is 9.23. The van der Waals surface area contributed by atoms with E-state index in [0.29, 0.717) is 0 Å². The van der Waals surface area contributed by atoms with Gasteiger partial charge >= 0.3 is 0 Å². The maximum Gasteiger partial charge on any atom is 0.0995 e. The molecule has 0 fully saturated rings. The summed E-state index contributed by atoms with van der Waals surface area (Å²) >= 11 is 0. The van der Waals surface area contributed by atoms with Gasteiger partial charge < -0.3 is 5.11 Å². The van der Waals surface area contributed by atoms with Gasteiger partial charge in [-0.25, -0.2) is 0 Å². The van der Waals surface area contributed by atoms with Crippen LogP contribution >= 0.6 is 0 Å². The molecule has 1 aliphatic carbocycles. The van der Waals surface area contributed by atoms with Gasteiger partial charge in [0.2, 0.25) is 0 Å². The third kappa shape index (κ3) is 1.11. The number of hydrogen-bond donors (Lipinski definition) is 1. The van der Waals surface area contributed by atoms with Crippen molar-refractivity contribution in [1.82, 2.24) is 0 Å². The van der Waals surface area contributed by atoms with Gasteiger partial charge in [0.15, 0.2) is 0 Å². The molecule has 0 aromatic carbocycles. The first kappa shape index (κ1) is 6.30. The van der Waals surface area contributed by atoms with E-state index < -0.39 is 6.10 Å². The first-order valence-corrected chi connectivity index (χ1v) is 2.93. The first-order chi connectivity index (χ1) is 4.22. The third-order valence-corrected chi connectivity index (χ3v) is 1.45. The Balaban J connectivity index is 2.86. The highest BCUT2D eigenvalue weighted by Gasteiger charge is 2.09. The molecule has 1 aliphatic rings. The highest BCUT2D eigenvalue weighted by Crippen LogP contribution is 2.15.